The number of hydrogen-bond donors (Lipinski definition) is 1. The first-order valence-electron chi connectivity index (χ1n) is 15.7. The van der Waals surface area contributed by atoms with E-state index in [4.69, 9.17) is 21.1 Å². The number of aromatic nitrogens is 5. The quantitative estimate of drug-likeness (QED) is 0.156. The Balaban J connectivity index is 0.000000161. The number of thiophene rings is 2. The van der Waals surface area contributed by atoms with Crippen LogP contribution >= 0.6 is 34.3 Å². The van der Waals surface area contributed by atoms with Gasteiger partial charge in [-0.05, 0) is 69.6 Å². The van der Waals surface area contributed by atoms with Gasteiger partial charge in [-0.1, -0.05) is 11.6 Å². The third kappa shape index (κ3) is 6.31. The Kier molecular flexibility index (Phi) is 9.11. The number of fused-ring (bicyclic) bond motifs is 7. The Labute approximate surface area is 283 Å². The molecule has 8 rings (SSSR count). The molecule has 0 radical (unpaired) electrons. The summed E-state index contributed by atoms with van der Waals surface area (Å²) in [7, 11) is 0. The number of pyridine rings is 1. The molecule has 5 aromatic rings. The number of ether oxygens (including phenoxy) is 2. The molecular weight excluding hydrogens is 658 g/mol. The van der Waals surface area contributed by atoms with E-state index in [2.05, 4.69) is 35.2 Å². The van der Waals surface area contributed by atoms with E-state index in [1.54, 1.807) is 29.0 Å². The number of halogens is 1. The number of hydrogen-bond acceptors (Lipinski definition) is 13. The van der Waals surface area contributed by atoms with Gasteiger partial charge in [-0.25, -0.2) is 24.9 Å². The van der Waals surface area contributed by atoms with Crippen LogP contribution in [-0.2, 0) is 51.3 Å². The molecule has 0 aromatic carbocycles. The topological polar surface area (TPSA) is 141 Å². The van der Waals surface area contributed by atoms with Crippen molar-refractivity contribution in [2.45, 2.75) is 58.9 Å². The number of anilines is 2. The van der Waals surface area contributed by atoms with Gasteiger partial charge in [0.05, 0.1) is 42.4 Å². The van der Waals surface area contributed by atoms with Crippen molar-refractivity contribution in [3.63, 3.8) is 0 Å². The van der Waals surface area contributed by atoms with E-state index >= 15 is 0 Å². The van der Waals surface area contributed by atoms with Crippen molar-refractivity contribution in [1.82, 2.24) is 24.9 Å². The summed E-state index contributed by atoms with van der Waals surface area (Å²) in [6.45, 7) is 5.23. The van der Waals surface area contributed by atoms with Gasteiger partial charge in [0.2, 0.25) is 0 Å². The van der Waals surface area contributed by atoms with E-state index in [-0.39, 0.29) is 23.8 Å². The molecule has 47 heavy (non-hydrogen) atoms. The summed E-state index contributed by atoms with van der Waals surface area (Å²) in [6.07, 6.45) is 11.5. The lowest BCUT2D eigenvalue weighted by Gasteiger charge is -2.20. The number of aliphatic imine (C=N–C) groups is 1. The summed E-state index contributed by atoms with van der Waals surface area (Å²) in [4.78, 5) is 54.2. The maximum Gasteiger partial charge on any atom is 0.309 e. The number of carbonyl (C=O) groups is 2. The van der Waals surface area contributed by atoms with Crippen LogP contribution in [0.4, 0.5) is 11.6 Å². The van der Waals surface area contributed by atoms with Gasteiger partial charge in [0.25, 0.3) is 0 Å². The van der Waals surface area contributed by atoms with E-state index in [1.807, 2.05) is 32.3 Å². The van der Waals surface area contributed by atoms with Crippen molar-refractivity contribution in [2.24, 2.45) is 16.8 Å². The first-order chi connectivity index (χ1) is 22.9. The standard InChI is InChI=1S/C20H19N5O2S.C13H13ClN2O2S/c1-2-27-20(26)11-3-4-14-15(5-11)28-19-17(14)18(23-10-24-19)25-16-6-12-7-21-8-13(12)9-22-16;1-2-18-13(17)7-3-4-8-9(5-7)19-12-10(8)11(14)15-6-16-12/h6-7,9-11H,2-5,8H2,1H3,(H,22,23,24,25);6-7H,2-5H2,1H3/t11-;7-/m00/s1. The third-order valence-electron chi connectivity index (χ3n) is 8.65. The minimum absolute atomic E-state index is 0.0350. The Morgan fingerprint density at radius 2 is 1.49 bits per heavy atom. The minimum Gasteiger partial charge on any atom is -0.466 e. The number of esters is 2. The monoisotopic (exact) mass is 689 g/mol. The molecule has 1 N–H and O–H groups in total. The van der Waals surface area contributed by atoms with Crippen LogP contribution in [0.5, 0.6) is 0 Å². The highest BCUT2D eigenvalue weighted by atomic mass is 35.5. The molecule has 3 aliphatic rings. The molecule has 2 aliphatic carbocycles. The van der Waals surface area contributed by atoms with Gasteiger partial charge in [-0.15, -0.1) is 22.7 Å². The molecule has 0 saturated carbocycles. The molecule has 0 bridgehead atoms. The van der Waals surface area contributed by atoms with E-state index in [9.17, 15) is 9.59 Å². The fourth-order valence-electron chi connectivity index (χ4n) is 6.38. The van der Waals surface area contributed by atoms with Gasteiger partial charge in [-0.2, -0.15) is 0 Å². The average Bonchev–Trinajstić information content (AvgIpc) is 3.80. The summed E-state index contributed by atoms with van der Waals surface area (Å²) < 4.78 is 10.3. The molecule has 6 heterocycles. The second kappa shape index (κ2) is 13.6. The van der Waals surface area contributed by atoms with Gasteiger partial charge in [0, 0.05) is 33.3 Å². The van der Waals surface area contributed by atoms with E-state index in [1.165, 1.54) is 27.2 Å². The number of rotatable bonds is 6. The molecule has 5 aromatic heterocycles. The summed E-state index contributed by atoms with van der Waals surface area (Å²) in [6, 6.07) is 2.00. The van der Waals surface area contributed by atoms with Gasteiger partial charge in [0.15, 0.2) is 0 Å². The summed E-state index contributed by atoms with van der Waals surface area (Å²) in [5.41, 5.74) is 4.68. The fourth-order valence-corrected chi connectivity index (χ4v) is 9.22. The first kappa shape index (κ1) is 31.5. The van der Waals surface area contributed by atoms with Gasteiger partial charge >= 0.3 is 11.9 Å². The molecule has 242 valence electrons. The van der Waals surface area contributed by atoms with Gasteiger partial charge in [0.1, 0.15) is 39.1 Å². The second-order valence-electron chi connectivity index (χ2n) is 11.5. The molecule has 0 fully saturated rings. The van der Waals surface area contributed by atoms with E-state index in [0.29, 0.717) is 31.3 Å². The molecule has 1 aliphatic heterocycles. The zero-order chi connectivity index (χ0) is 32.5. The van der Waals surface area contributed by atoms with Gasteiger partial charge in [-0.3, -0.25) is 14.6 Å². The summed E-state index contributed by atoms with van der Waals surface area (Å²) in [5.74, 6) is 1.21. The zero-order valence-corrected chi connectivity index (χ0v) is 28.3. The van der Waals surface area contributed by atoms with Crippen LogP contribution in [0.25, 0.3) is 20.4 Å². The highest BCUT2D eigenvalue weighted by Crippen LogP contribution is 2.41. The predicted octanol–water partition coefficient (Wildman–Crippen LogP) is 6.44. The fraction of sp³-hybridized carbons (Fsp3) is 0.394. The summed E-state index contributed by atoms with van der Waals surface area (Å²) >= 11 is 9.40. The smallest absolute Gasteiger partial charge is 0.309 e. The van der Waals surface area contributed by atoms with Crippen LogP contribution in [0.15, 0.2) is 29.9 Å². The predicted molar refractivity (Wildman–Crippen MR) is 183 cm³/mol. The molecule has 0 unspecified atom stereocenters. The van der Waals surface area contributed by atoms with Crippen LogP contribution in [0.2, 0.25) is 5.15 Å². The zero-order valence-electron chi connectivity index (χ0n) is 25.9. The number of nitrogens with one attached hydrogen (secondary N) is 1. The van der Waals surface area contributed by atoms with Crippen LogP contribution in [-0.4, -0.2) is 56.3 Å². The lowest BCUT2D eigenvalue weighted by molar-refractivity contribution is -0.149. The maximum absolute atomic E-state index is 12.1. The molecule has 11 nitrogen and oxygen atoms in total. The Morgan fingerprint density at radius 3 is 2.15 bits per heavy atom. The molecule has 0 spiro atoms. The Bertz CT molecular complexity index is 2030. The molecule has 2 atom stereocenters. The first-order valence-corrected chi connectivity index (χ1v) is 17.7. The van der Waals surface area contributed by atoms with Crippen molar-refractivity contribution in [2.75, 3.05) is 18.5 Å². The van der Waals surface area contributed by atoms with E-state index in [0.717, 1.165) is 75.3 Å². The Hall–Kier alpha value is -4.07. The van der Waals surface area contributed by atoms with Crippen LogP contribution in [0.1, 0.15) is 58.7 Å². The number of aryl methyl sites for hydroxylation is 2. The SMILES string of the molecule is CCOC(=O)[C@H]1CCc2c(sc3ncnc(Cl)c23)C1.CCOC(=O)[C@H]1CCc2c(sc3ncnc(Nc4cc5c(cn4)CN=C5)c23)C1. The van der Waals surface area contributed by atoms with Crippen molar-refractivity contribution in [3.05, 3.63) is 62.1 Å². The lowest BCUT2D eigenvalue weighted by Crippen LogP contribution is -2.23. The molecule has 14 heteroatoms. The number of carbonyl (C=O) groups excluding carboxylic acids is 2. The van der Waals surface area contributed by atoms with Crippen molar-refractivity contribution < 1.29 is 19.1 Å². The Morgan fingerprint density at radius 1 is 0.872 bits per heavy atom. The lowest BCUT2D eigenvalue weighted by atomic mass is 9.88. The molecular formula is C33H32ClN7O4S2. The van der Waals surface area contributed by atoms with Crippen LogP contribution in [0, 0.1) is 11.8 Å². The van der Waals surface area contributed by atoms with Crippen molar-refractivity contribution >= 4 is 84.5 Å². The number of nitrogens with zero attached hydrogens (tertiary/aromatic N) is 6. The largest absolute Gasteiger partial charge is 0.466 e. The minimum atomic E-state index is -0.0981. The average molecular weight is 690 g/mol. The maximum atomic E-state index is 12.1. The summed E-state index contributed by atoms with van der Waals surface area (Å²) in [5, 5.41) is 5.88. The second-order valence-corrected chi connectivity index (χ2v) is 14.0. The van der Waals surface area contributed by atoms with Gasteiger partial charge < -0.3 is 14.8 Å². The highest BCUT2D eigenvalue weighted by Gasteiger charge is 2.31. The normalized spacial score (nSPS) is 17.8. The molecule has 0 amide bonds. The third-order valence-corrected chi connectivity index (χ3v) is 11.3. The highest BCUT2D eigenvalue weighted by molar-refractivity contribution is 7.19. The van der Waals surface area contributed by atoms with Crippen LogP contribution in [0.3, 0.4) is 0 Å². The van der Waals surface area contributed by atoms with Crippen molar-refractivity contribution in [1.29, 1.82) is 0 Å². The molecule has 0 saturated heterocycles. The van der Waals surface area contributed by atoms with Crippen molar-refractivity contribution in [3.8, 4) is 0 Å². The van der Waals surface area contributed by atoms with E-state index < -0.39 is 0 Å². The van der Waals surface area contributed by atoms with Crippen LogP contribution < -0.4 is 5.32 Å².